The fourth-order valence-corrected chi connectivity index (χ4v) is 3.70. The summed E-state index contributed by atoms with van der Waals surface area (Å²) >= 11 is 0. The summed E-state index contributed by atoms with van der Waals surface area (Å²) in [5.41, 5.74) is 6.56. The van der Waals surface area contributed by atoms with Gasteiger partial charge in [0.15, 0.2) is 0 Å². The lowest BCUT2D eigenvalue weighted by atomic mass is 9.95. The fraction of sp³-hybridized carbons (Fsp3) is 0.136. The Morgan fingerprint density at radius 3 is 2.89 bits per heavy atom. The number of amides is 2. The van der Waals surface area contributed by atoms with Crippen LogP contribution in [0.4, 0.5) is 10.5 Å². The SMILES string of the molecule is O=C(Nc1c[nH]c2ccccc12)N1CCc2cc(-c3ccoc3)ccc2C1. The van der Waals surface area contributed by atoms with E-state index in [4.69, 9.17) is 4.42 Å². The molecule has 27 heavy (non-hydrogen) atoms. The highest BCUT2D eigenvalue weighted by Gasteiger charge is 2.22. The van der Waals surface area contributed by atoms with Crippen LogP contribution in [-0.2, 0) is 13.0 Å². The van der Waals surface area contributed by atoms with Crippen molar-refractivity contribution in [3.63, 3.8) is 0 Å². The number of hydrogen-bond donors (Lipinski definition) is 2. The van der Waals surface area contributed by atoms with Gasteiger partial charge in [-0.05, 0) is 35.2 Å². The van der Waals surface area contributed by atoms with Gasteiger partial charge in [-0.15, -0.1) is 0 Å². The Morgan fingerprint density at radius 2 is 2.00 bits per heavy atom. The molecular weight excluding hydrogens is 338 g/mol. The lowest BCUT2D eigenvalue weighted by Gasteiger charge is -2.29. The number of nitrogens with one attached hydrogen (secondary N) is 2. The topological polar surface area (TPSA) is 61.3 Å². The highest BCUT2D eigenvalue weighted by atomic mass is 16.3. The van der Waals surface area contributed by atoms with Crippen LogP contribution in [0.25, 0.3) is 22.0 Å². The number of benzene rings is 2. The van der Waals surface area contributed by atoms with Gasteiger partial charge in [-0.2, -0.15) is 0 Å². The smallest absolute Gasteiger partial charge is 0.322 e. The first-order valence-electron chi connectivity index (χ1n) is 9.04. The number of hydrogen-bond acceptors (Lipinski definition) is 2. The summed E-state index contributed by atoms with van der Waals surface area (Å²) in [6.45, 7) is 1.32. The van der Waals surface area contributed by atoms with Gasteiger partial charge in [0, 0.05) is 35.8 Å². The van der Waals surface area contributed by atoms with Crippen molar-refractivity contribution in [2.75, 3.05) is 11.9 Å². The highest BCUT2D eigenvalue weighted by Crippen LogP contribution is 2.28. The second kappa shape index (κ2) is 6.36. The highest BCUT2D eigenvalue weighted by molar-refractivity contribution is 6.01. The maximum Gasteiger partial charge on any atom is 0.322 e. The summed E-state index contributed by atoms with van der Waals surface area (Å²) in [7, 11) is 0. The molecule has 0 aliphatic carbocycles. The standard InChI is InChI=1S/C22H19N3O2/c26-22(24-21-12-23-20-4-2-1-3-19(20)21)25-9-7-16-11-15(5-6-17(16)13-25)18-8-10-27-14-18/h1-6,8,10-12,14,23H,7,9,13H2,(H,24,26). The first-order valence-corrected chi connectivity index (χ1v) is 9.04. The predicted octanol–water partition coefficient (Wildman–Crippen LogP) is 5.02. The van der Waals surface area contributed by atoms with Gasteiger partial charge in [0.05, 0.1) is 18.2 Å². The molecule has 2 aromatic carbocycles. The van der Waals surface area contributed by atoms with E-state index in [1.54, 1.807) is 12.5 Å². The Morgan fingerprint density at radius 1 is 1.07 bits per heavy atom. The van der Waals surface area contributed by atoms with Crippen LogP contribution in [0.15, 0.2) is 71.7 Å². The summed E-state index contributed by atoms with van der Waals surface area (Å²) in [4.78, 5) is 17.8. The number of carbonyl (C=O) groups excluding carboxylic acids is 1. The second-order valence-electron chi connectivity index (χ2n) is 6.85. The number of aromatic nitrogens is 1. The Hall–Kier alpha value is -3.47. The van der Waals surface area contributed by atoms with Gasteiger partial charge in [-0.3, -0.25) is 0 Å². The van der Waals surface area contributed by atoms with Gasteiger partial charge >= 0.3 is 6.03 Å². The number of fused-ring (bicyclic) bond motifs is 2. The average Bonchev–Trinajstić information content (AvgIpc) is 3.38. The first-order chi connectivity index (χ1) is 13.3. The molecule has 1 aliphatic rings. The largest absolute Gasteiger partial charge is 0.472 e. The maximum absolute atomic E-state index is 12.8. The van der Waals surface area contributed by atoms with Gasteiger partial charge in [0.2, 0.25) is 0 Å². The molecule has 0 saturated carbocycles. The molecule has 0 unspecified atom stereocenters. The predicted molar refractivity (Wildman–Crippen MR) is 106 cm³/mol. The van der Waals surface area contributed by atoms with Crippen molar-refractivity contribution in [2.45, 2.75) is 13.0 Å². The molecule has 2 aromatic heterocycles. The summed E-state index contributed by atoms with van der Waals surface area (Å²) in [5, 5.41) is 4.06. The summed E-state index contributed by atoms with van der Waals surface area (Å²) < 4.78 is 5.18. The molecule has 0 bridgehead atoms. The fourth-order valence-electron chi connectivity index (χ4n) is 3.70. The summed E-state index contributed by atoms with van der Waals surface area (Å²) in [5.74, 6) is 0. The molecule has 0 radical (unpaired) electrons. The third kappa shape index (κ3) is 2.87. The van der Waals surface area contributed by atoms with Crippen molar-refractivity contribution in [3.8, 4) is 11.1 Å². The van der Waals surface area contributed by atoms with Crippen LogP contribution in [0.3, 0.4) is 0 Å². The zero-order valence-electron chi connectivity index (χ0n) is 14.7. The molecule has 4 aromatic rings. The minimum absolute atomic E-state index is 0.0654. The summed E-state index contributed by atoms with van der Waals surface area (Å²) in [6.07, 6.45) is 6.14. The normalized spacial score (nSPS) is 13.6. The summed E-state index contributed by atoms with van der Waals surface area (Å²) in [6, 6.07) is 16.3. The van der Waals surface area contributed by atoms with Crippen molar-refractivity contribution in [3.05, 3.63) is 78.4 Å². The van der Waals surface area contributed by atoms with Crippen LogP contribution >= 0.6 is 0 Å². The van der Waals surface area contributed by atoms with E-state index < -0.39 is 0 Å². The number of urea groups is 1. The Kier molecular flexibility index (Phi) is 3.71. The van der Waals surface area contributed by atoms with Crippen molar-refractivity contribution >= 4 is 22.6 Å². The number of H-pyrrole nitrogens is 1. The first kappa shape index (κ1) is 15.8. The van der Waals surface area contributed by atoms with Crippen molar-refractivity contribution < 1.29 is 9.21 Å². The van der Waals surface area contributed by atoms with Gasteiger partial charge in [-0.1, -0.05) is 36.4 Å². The van der Waals surface area contributed by atoms with E-state index in [0.717, 1.165) is 34.1 Å². The average molecular weight is 357 g/mol. The van der Waals surface area contributed by atoms with Crippen LogP contribution in [0, 0.1) is 0 Å². The van der Waals surface area contributed by atoms with Gasteiger partial charge in [-0.25, -0.2) is 4.79 Å². The van der Waals surface area contributed by atoms with Crippen molar-refractivity contribution in [2.24, 2.45) is 0 Å². The monoisotopic (exact) mass is 357 g/mol. The van der Waals surface area contributed by atoms with E-state index >= 15 is 0 Å². The van der Waals surface area contributed by atoms with Crippen LogP contribution in [0.1, 0.15) is 11.1 Å². The third-order valence-corrected chi connectivity index (χ3v) is 5.19. The number of para-hydroxylation sites is 1. The van der Waals surface area contributed by atoms with E-state index in [9.17, 15) is 4.79 Å². The number of nitrogens with zero attached hydrogens (tertiary/aromatic N) is 1. The quantitative estimate of drug-likeness (QED) is 0.529. The Balaban J connectivity index is 1.34. The van der Waals surface area contributed by atoms with Crippen LogP contribution in [0.5, 0.6) is 0 Å². The van der Waals surface area contributed by atoms with Crippen LogP contribution < -0.4 is 5.32 Å². The Bertz CT molecular complexity index is 1110. The molecule has 5 rings (SSSR count). The van der Waals surface area contributed by atoms with E-state index in [1.165, 1.54) is 11.1 Å². The molecule has 5 nitrogen and oxygen atoms in total. The molecule has 0 fully saturated rings. The minimum Gasteiger partial charge on any atom is -0.472 e. The number of furan rings is 1. The zero-order chi connectivity index (χ0) is 18.2. The minimum atomic E-state index is -0.0654. The van der Waals surface area contributed by atoms with E-state index in [-0.39, 0.29) is 6.03 Å². The molecular formula is C22H19N3O2. The van der Waals surface area contributed by atoms with E-state index in [1.807, 2.05) is 41.4 Å². The molecule has 134 valence electrons. The Labute approximate surface area is 156 Å². The maximum atomic E-state index is 12.8. The van der Waals surface area contributed by atoms with E-state index in [2.05, 4.69) is 28.5 Å². The molecule has 0 spiro atoms. The molecule has 2 amide bonds. The number of rotatable bonds is 2. The number of anilines is 1. The van der Waals surface area contributed by atoms with Crippen LogP contribution in [0.2, 0.25) is 0 Å². The molecule has 1 aliphatic heterocycles. The number of aromatic amines is 1. The van der Waals surface area contributed by atoms with Gasteiger partial charge in [0.25, 0.3) is 0 Å². The van der Waals surface area contributed by atoms with Crippen molar-refractivity contribution in [1.29, 1.82) is 0 Å². The van der Waals surface area contributed by atoms with Gasteiger partial charge < -0.3 is 19.6 Å². The molecule has 0 saturated heterocycles. The lowest BCUT2D eigenvalue weighted by Crippen LogP contribution is -2.38. The zero-order valence-corrected chi connectivity index (χ0v) is 14.7. The van der Waals surface area contributed by atoms with E-state index in [0.29, 0.717) is 13.1 Å². The van der Waals surface area contributed by atoms with Crippen molar-refractivity contribution in [1.82, 2.24) is 9.88 Å². The van der Waals surface area contributed by atoms with Crippen LogP contribution in [-0.4, -0.2) is 22.5 Å². The number of carbonyl (C=O) groups is 1. The van der Waals surface area contributed by atoms with Gasteiger partial charge in [0.1, 0.15) is 0 Å². The molecule has 3 heterocycles. The molecule has 2 N–H and O–H groups in total. The second-order valence-corrected chi connectivity index (χ2v) is 6.85. The molecule has 5 heteroatoms. The molecule has 0 atom stereocenters. The third-order valence-electron chi connectivity index (χ3n) is 5.19. The lowest BCUT2D eigenvalue weighted by molar-refractivity contribution is 0.206.